The zero-order valence-electron chi connectivity index (χ0n) is 12.8. The van der Waals surface area contributed by atoms with Gasteiger partial charge in [-0.1, -0.05) is 26.0 Å². The van der Waals surface area contributed by atoms with Crippen molar-refractivity contribution in [3.05, 3.63) is 12.2 Å². The predicted molar refractivity (Wildman–Crippen MR) is 80.8 cm³/mol. The molecule has 0 radical (unpaired) electrons. The van der Waals surface area contributed by atoms with Crippen LogP contribution in [0.15, 0.2) is 12.2 Å². The Bertz CT molecular complexity index is 443. The second kappa shape index (κ2) is 5.89. The quantitative estimate of drug-likeness (QED) is 0.442. The van der Waals surface area contributed by atoms with E-state index in [1.54, 1.807) is 0 Å². The van der Waals surface area contributed by atoms with E-state index in [-0.39, 0.29) is 12.5 Å². The lowest BCUT2D eigenvalue weighted by Gasteiger charge is -2.17. The SMILES string of the molecule is CC(C)C1(CC=CC2(N)CC2N[C@H](C=O)CC(=O)O)CC1. The number of carboxylic acids is 1. The van der Waals surface area contributed by atoms with Crippen molar-refractivity contribution in [2.45, 2.75) is 63.6 Å². The molecule has 0 aromatic carbocycles. The molecule has 5 nitrogen and oxygen atoms in total. The molecular weight excluding hydrogens is 268 g/mol. The van der Waals surface area contributed by atoms with Gasteiger partial charge in [0.25, 0.3) is 0 Å². The van der Waals surface area contributed by atoms with Crippen molar-refractivity contribution in [1.82, 2.24) is 5.32 Å². The number of aliphatic carboxylic acids is 1. The van der Waals surface area contributed by atoms with Crippen LogP contribution in [0.1, 0.15) is 46.0 Å². The molecule has 4 N–H and O–H groups in total. The fourth-order valence-electron chi connectivity index (χ4n) is 2.98. The minimum atomic E-state index is -0.981. The van der Waals surface area contributed by atoms with Crippen LogP contribution in [0.5, 0.6) is 0 Å². The highest BCUT2D eigenvalue weighted by Gasteiger charge is 2.50. The molecule has 0 aromatic rings. The standard InChI is InChI=1S/C16H26N2O3/c1-11(2)15(6-7-15)4-3-5-16(17)9-13(16)18-12(10-19)8-14(20)21/h3,5,10-13,18H,4,6-9,17H2,1-2H3,(H,20,21)/t12-,13?,16?/m0/s1. The van der Waals surface area contributed by atoms with Crippen LogP contribution in [0, 0.1) is 11.3 Å². The third-order valence-electron chi connectivity index (χ3n) is 5.09. The van der Waals surface area contributed by atoms with Crippen LogP contribution < -0.4 is 11.1 Å². The van der Waals surface area contributed by atoms with Crippen molar-refractivity contribution in [2.75, 3.05) is 0 Å². The molecule has 0 aliphatic heterocycles. The van der Waals surface area contributed by atoms with E-state index in [2.05, 4.69) is 25.2 Å². The fourth-order valence-corrected chi connectivity index (χ4v) is 2.98. The lowest BCUT2D eigenvalue weighted by Crippen LogP contribution is -2.40. The summed E-state index contributed by atoms with van der Waals surface area (Å²) < 4.78 is 0. The molecule has 2 saturated carbocycles. The molecule has 2 aliphatic rings. The number of nitrogens with one attached hydrogen (secondary N) is 1. The summed E-state index contributed by atoms with van der Waals surface area (Å²) in [4.78, 5) is 21.5. The summed E-state index contributed by atoms with van der Waals surface area (Å²) in [5, 5.41) is 11.7. The van der Waals surface area contributed by atoms with E-state index in [4.69, 9.17) is 10.8 Å². The van der Waals surface area contributed by atoms with E-state index >= 15 is 0 Å². The molecule has 0 saturated heterocycles. The Morgan fingerprint density at radius 2 is 2.14 bits per heavy atom. The summed E-state index contributed by atoms with van der Waals surface area (Å²) in [6, 6.07) is -0.658. The van der Waals surface area contributed by atoms with Gasteiger partial charge in [0.15, 0.2) is 0 Å². The van der Waals surface area contributed by atoms with E-state index in [0.717, 1.165) is 12.8 Å². The van der Waals surface area contributed by atoms with Crippen molar-refractivity contribution < 1.29 is 14.7 Å². The number of carbonyl (C=O) groups is 2. The van der Waals surface area contributed by atoms with E-state index in [1.807, 2.05) is 6.08 Å². The molecule has 2 fully saturated rings. The number of hydrogen-bond acceptors (Lipinski definition) is 4. The molecular formula is C16H26N2O3. The number of rotatable bonds is 9. The Morgan fingerprint density at radius 3 is 2.62 bits per heavy atom. The molecule has 3 atom stereocenters. The van der Waals surface area contributed by atoms with Gasteiger partial charge in [-0.3, -0.25) is 4.79 Å². The normalized spacial score (nSPS) is 31.3. The van der Waals surface area contributed by atoms with E-state index < -0.39 is 17.6 Å². The Kier molecular flexibility index (Phi) is 4.54. The second-order valence-electron chi connectivity index (χ2n) is 7.00. The van der Waals surface area contributed by atoms with Gasteiger partial charge in [-0.15, -0.1) is 0 Å². The first-order valence-electron chi connectivity index (χ1n) is 7.71. The second-order valence-corrected chi connectivity index (χ2v) is 7.00. The maximum absolute atomic E-state index is 10.9. The highest BCUT2D eigenvalue weighted by atomic mass is 16.4. The number of carbonyl (C=O) groups excluding carboxylic acids is 1. The van der Waals surface area contributed by atoms with Crippen LogP contribution in [-0.4, -0.2) is 35.0 Å². The molecule has 118 valence electrons. The Morgan fingerprint density at radius 1 is 1.48 bits per heavy atom. The number of aldehydes is 1. The number of nitrogens with two attached hydrogens (primary N) is 1. The van der Waals surface area contributed by atoms with Gasteiger partial charge in [0.05, 0.1) is 18.0 Å². The summed E-state index contributed by atoms with van der Waals surface area (Å²) in [5.74, 6) is -0.287. The zero-order chi connectivity index (χ0) is 15.7. The number of allylic oxidation sites excluding steroid dienone is 1. The fraction of sp³-hybridized carbons (Fsp3) is 0.750. The molecule has 0 bridgehead atoms. The molecule has 0 amide bonds. The third-order valence-corrected chi connectivity index (χ3v) is 5.09. The van der Waals surface area contributed by atoms with Crippen molar-refractivity contribution in [1.29, 1.82) is 0 Å². The molecule has 2 aliphatic carbocycles. The lowest BCUT2D eigenvalue weighted by atomic mass is 9.89. The first kappa shape index (κ1) is 16.2. The van der Waals surface area contributed by atoms with Gasteiger partial charge in [-0.2, -0.15) is 0 Å². The van der Waals surface area contributed by atoms with Crippen molar-refractivity contribution in [2.24, 2.45) is 17.1 Å². The maximum atomic E-state index is 10.9. The monoisotopic (exact) mass is 294 g/mol. The zero-order valence-corrected chi connectivity index (χ0v) is 12.8. The Hall–Kier alpha value is -1.20. The van der Waals surface area contributed by atoms with Crippen LogP contribution in [0.4, 0.5) is 0 Å². The summed E-state index contributed by atoms with van der Waals surface area (Å²) in [7, 11) is 0. The molecule has 0 heterocycles. The molecule has 0 spiro atoms. The molecule has 5 heteroatoms. The van der Waals surface area contributed by atoms with Gasteiger partial charge < -0.3 is 21.0 Å². The van der Waals surface area contributed by atoms with Crippen molar-refractivity contribution in [3.63, 3.8) is 0 Å². The first-order chi connectivity index (χ1) is 9.81. The van der Waals surface area contributed by atoms with Crippen LogP contribution in [-0.2, 0) is 9.59 Å². The van der Waals surface area contributed by atoms with Crippen LogP contribution in [0.2, 0.25) is 0 Å². The van der Waals surface area contributed by atoms with Crippen LogP contribution in [0.25, 0.3) is 0 Å². The van der Waals surface area contributed by atoms with Gasteiger partial charge in [0, 0.05) is 6.04 Å². The van der Waals surface area contributed by atoms with E-state index in [1.165, 1.54) is 12.8 Å². The summed E-state index contributed by atoms with van der Waals surface area (Å²) >= 11 is 0. The Balaban J connectivity index is 1.80. The third kappa shape index (κ3) is 3.92. The van der Waals surface area contributed by atoms with Gasteiger partial charge in [-0.05, 0) is 37.0 Å². The minimum Gasteiger partial charge on any atom is -0.481 e. The summed E-state index contributed by atoms with van der Waals surface area (Å²) in [6.45, 7) is 4.53. The lowest BCUT2D eigenvalue weighted by molar-refractivity contribution is -0.138. The average molecular weight is 294 g/mol. The largest absolute Gasteiger partial charge is 0.481 e. The van der Waals surface area contributed by atoms with Crippen LogP contribution >= 0.6 is 0 Å². The smallest absolute Gasteiger partial charge is 0.305 e. The average Bonchev–Trinajstić information content (AvgIpc) is 3.28. The molecule has 0 aromatic heterocycles. The summed E-state index contributed by atoms with van der Waals surface area (Å²) in [5.41, 5.74) is 6.29. The maximum Gasteiger partial charge on any atom is 0.305 e. The molecule has 2 rings (SSSR count). The van der Waals surface area contributed by atoms with Crippen molar-refractivity contribution >= 4 is 12.3 Å². The highest BCUT2D eigenvalue weighted by molar-refractivity contribution is 5.73. The van der Waals surface area contributed by atoms with Gasteiger partial charge >= 0.3 is 5.97 Å². The highest BCUT2D eigenvalue weighted by Crippen LogP contribution is 2.55. The number of carboxylic acid groups (broad SMARTS) is 1. The topological polar surface area (TPSA) is 92.4 Å². The predicted octanol–water partition coefficient (Wildman–Crippen LogP) is 1.47. The Labute approximate surface area is 126 Å². The summed E-state index contributed by atoms with van der Waals surface area (Å²) in [6.07, 6.45) is 9.05. The van der Waals surface area contributed by atoms with E-state index in [9.17, 15) is 9.59 Å². The van der Waals surface area contributed by atoms with Crippen molar-refractivity contribution in [3.8, 4) is 0 Å². The van der Waals surface area contributed by atoms with E-state index in [0.29, 0.717) is 17.6 Å². The number of hydrogen-bond donors (Lipinski definition) is 3. The first-order valence-corrected chi connectivity index (χ1v) is 7.71. The molecule has 2 unspecified atom stereocenters. The van der Waals surface area contributed by atoms with Gasteiger partial charge in [-0.25, -0.2) is 0 Å². The van der Waals surface area contributed by atoms with Crippen LogP contribution in [0.3, 0.4) is 0 Å². The van der Waals surface area contributed by atoms with Gasteiger partial charge in [0.2, 0.25) is 0 Å². The molecule has 21 heavy (non-hydrogen) atoms. The minimum absolute atomic E-state index is 0.00231. The van der Waals surface area contributed by atoms with Gasteiger partial charge in [0.1, 0.15) is 6.29 Å².